The van der Waals surface area contributed by atoms with Gasteiger partial charge in [-0.15, -0.1) is 0 Å². The van der Waals surface area contributed by atoms with E-state index >= 15 is 0 Å². The van der Waals surface area contributed by atoms with Crippen LogP contribution in [0.15, 0.2) is 36.0 Å². The monoisotopic (exact) mass is 164 g/mol. The predicted molar refractivity (Wildman–Crippen MR) is 53.0 cm³/mol. The summed E-state index contributed by atoms with van der Waals surface area (Å²) in [5.41, 5.74) is 1.13. The average molecular weight is 164 g/mol. The smallest absolute Gasteiger partial charge is 0.152 e. The van der Waals surface area contributed by atoms with Crippen LogP contribution in [0.3, 0.4) is 0 Å². The maximum Gasteiger partial charge on any atom is 0.152 e. The van der Waals surface area contributed by atoms with Crippen molar-refractivity contribution in [1.82, 2.24) is 0 Å². The Kier molecular flexibility index (Phi) is 5.98. The fraction of sp³-hybridized carbons (Fsp3) is 0.364. The van der Waals surface area contributed by atoms with Gasteiger partial charge in [0.1, 0.15) is 0 Å². The summed E-state index contributed by atoms with van der Waals surface area (Å²) in [6, 6.07) is 0. The van der Waals surface area contributed by atoms with E-state index in [1.165, 1.54) is 0 Å². The van der Waals surface area contributed by atoms with Gasteiger partial charge in [0.2, 0.25) is 0 Å². The van der Waals surface area contributed by atoms with Crippen molar-refractivity contribution >= 4 is 5.78 Å². The SMILES string of the molecule is CC.CC(=O)/C=C/C1=CCC=C1. The molecule has 1 heteroatoms. The molecule has 0 fully saturated rings. The lowest BCUT2D eigenvalue weighted by atomic mass is 10.2. The Morgan fingerprint density at radius 3 is 2.58 bits per heavy atom. The highest BCUT2D eigenvalue weighted by atomic mass is 16.1. The summed E-state index contributed by atoms with van der Waals surface area (Å²) in [4.78, 5) is 10.5. The fourth-order valence-corrected chi connectivity index (χ4v) is 0.813. The van der Waals surface area contributed by atoms with Crippen molar-refractivity contribution in [2.24, 2.45) is 0 Å². The predicted octanol–water partition coefficient (Wildman–Crippen LogP) is 3.04. The van der Waals surface area contributed by atoms with Crippen LogP contribution in [0.4, 0.5) is 0 Å². The van der Waals surface area contributed by atoms with Crippen LogP contribution in [0.1, 0.15) is 27.2 Å². The molecule has 0 atom stereocenters. The Balaban J connectivity index is 0.000000561. The first-order valence-electron chi connectivity index (χ1n) is 4.34. The highest BCUT2D eigenvalue weighted by molar-refractivity contribution is 5.87. The molecule has 0 spiro atoms. The number of hydrogen-bond acceptors (Lipinski definition) is 1. The molecular formula is C11H16O. The van der Waals surface area contributed by atoms with Gasteiger partial charge in [0.05, 0.1) is 0 Å². The van der Waals surface area contributed by atoms with E-state index in [0.29, 0.717) is 0 Å². The van der Waals surface area contributed by atoms with Crippen LogP contribution in [0.2, 0.25) is 0 Å². The Hall–Kier alpha value is -1.11. The van der Waals surface area contributed by atoms with Crippen molar-refractivity contribution in [2.75, 3.05) is 0 Å². The third-order valence-corrected chi connectivity index (χ3v) is 1.31. The Morgan fingerprint density at radius 2 is 2.17 bits per heavy atom. The maximum absolute atomic E-state index is 10.5. The van der Waals surface area contributed by atoms with Gasteiger partial charge in [-0.1, -0.05) is 38.2 Å². The summed E-state index contributed by atoms with van der Waals surface area (Å²) in [6.07, 6.45) is 10.6. The van der Waals surface area contributed by atoms with Crippen molar-refractivity contribution in [3.63, 3.8) is 0 Å². The largest absolute Gasteiger partial charge is 0.295 e. The molecule has 0 aromatic heterocycles. The molecule has 0 N–H and O–H groups in total. The van der Waals surface area contributed by atoms with Crippen molar-refractivity contribution in [1.29, 1.82) is 0 Å². The molecule has 0 saturated carbocycles. The van der Waals surface area contributed by atoms with Crippen LogP contribution in [-0.2, 0) is 4.79 Å². The minimum absolute atomic E-state index is 0.0983. The van der Waals surface area contributed by atoms with Gasteiger partial charge in [-0.2, -0.15) is 0 Å². The van der Waals surface area contributed by atoms with Crippen molar-refractivity contribution in [2.45, 2.75) is 27.2 Å². The van der Waals surface area contributed by atoms with Crippen LogP contribution >= 0.6 is 0 Å². The average Bonchev–Trinajstić information content (AvgIpc) is 2.56. The zero-order chi connectivity index (χ0) is 9.40. The van der Waals surface area contributed by atoms with Gasteiger partial charge in [0, 0.05) is 0 Å². The quantitative estimate of drug-likeness (QED) is 0.573. The van der Waals surface area contributed by atoms with E-state index in [9.17, 15) is 4.79 Å². The lowest BCUT2D eigenvalue weighted by Crippen LogP contribution is -1.79. The van der Waals surface area contributed by atoms with E-state index in [-0.39, 0.29) is 5.78 Å². The third kappa shape index (κ3) is 4.67. The van der Waals surface area contributed by atoms with Gasteiger partial charge in [-0.05, 0) is 25.0 Å². The maximum atomic E-state index is 10.5. The molecule has 66 valence electrons. The Bertz CT molecular complexity index is 219. The fourth-order valence-electron chi connectivity index (χ4n) is 0.813. The molecule has 0 saturated heterocycles. The van der Waals surface area contributed by atoms with Gasteiger partial charge in [-0.25, -0.2) is 0 Å². The second-order valence-corrected chi connectivity index (χ2v) is 2.29. The normalized spacial score (nSPS) is 14.1. The molecule has 0 aromatic carbocycles. The van der Waals surface area contributed by atoms with Gasteiger partial charge in [-0.3, -0.25) is 4.79 Å². The lowest BCUT2D eigenvalue weighted by molar-refractivity contribution is -0.112. The third-order valence-electron chi connectivity index (χ3n) is 1.31. The first kappa shape index (κ1) is 10.9. The number of carbonyl (C=O) groups excluding carboxylic acids is 1. The van der Waals surface area contributed by atoms with Crippen molar-refractivity contribution in [3.05, 3.63) is 36.0 Å². The summed E-state index contributed by atoms with van der Waals surface area (Å²) >= 11 is 0. The molecule has 1 nitrogen and oxygen atoms in total. The van der Waals surface area contributed by atoms with E-state index in [2.05, 4.69) is 12.2 Å². The number of allylic oxidation sites excluding steroid dienone is 6. The van der Waals surface area contributed by atoms with Crippen molar-refractivity contribution in [3.8, 4) is 0 Å². The summed E-state index contributed by atoms with van der Waals surface area (Å²) in [5, 5.41) is 0. The zero-order valence-electron chi connectivity index (χ0n) is 8.00. The molecule has 1 aliphatic carbocycles. The molecule has 0 unspecified atom stereocenters. The second-order valence-electron chi connectivity index (χ2n) is 2.29. The molecule has 0 radical (unpaired) electrons. The summed E-state index contributed by atoms with van der Waals surface area (Å²) in [6.45, 7) is 5.55. The van der Waals surface area contributed by atoms with Gasteiger partial charge in [0.15, 0.2) is 5.78 Å². The molecule has 0 bridgehead atoms. The van der Waals surface area contributed by atoms with Crippen LogP contribution in [0.25, 0.3) is 0 Å². The first-order valence-corrected chi connectivity index (χ1v) is 4.34. The number of carbonyl (C=O) groups is 1. The summed E-state index contributed by atoms with van der Waals surface area (Å²) in [7, 11) is 0. The van der Waals surface area contributed by atoms with Gasteiger partial charge in [0.25, 0.3) is 0 Å². The van der Waals surface area contributed by atoms with E-state index in [4.69, 9.17) is 0 Å². The number of hydrogen-bond donors (Lipinski definition) is 0. The molecule has 0 aliphatic heterocycles. The molecule has 12 heavy (non-hydrogen) atoms. The van der Waals surface area contributed by atoms with Gasteiger partial charge < -0.3 is 0 Å². The van der Waals surface area contributed by atoms with Crippen LogP contribution in [0, 0.1) is 0 Å². The van der Waals surface area contributed by atoms with E-state index < -0.39 is 0 Å². The minimum Gasteiger partial charge on any atom is -0.295 e. The zero-order valence-corrected chi connectivity index (χ0v) is 8.00. The molecule has 0 amide bonds. The topological polar surface area (TPSA) is 17.1 Å². The van der Waals surface area contributed by atoms with Crippen molar-refractivity contribution < 1.29 is 4.79 Å². The summed E-state index contributed by atoms with van der Waals surface area (Å²) in [5.74, 6) is 0.0983. The number of rotatable bonds is 2. The lowest BCUT2D eigenvalue weighted by Gasteiger charge is -1.83. The molecule has 0 heterocycles. The van der Waals surface area contributed by atoms with E-state index in [1.807, 2.05) is 26.0 Å². The standard InChI is InChI=1S/C9H10O.C2H6/c1-8(10)6-7-9-4-2-3-5-9;1-2/h2,4-7H,3H2,1H3;1-2H3/b7-6+;. The van der Waals surface area contributed by atoms with E-state index in [1.54, 1.807) is 13.0 Å². The van der Waals surface area contributed by atoms with Crippen LogP contribution in [0.5, 0.6) is 0 Å². The van der Waals surface area contributed by atoms with E-state index in [0.717, 1.165) is 12.0 Å². The number of ketones is 1. The Morgan fingerprint density at radius 1 is 1.50 bits per heavy atom. The molecule has 0 aromatic rings. The second kappa shape index (κ2) is 6.59. The highest BCUT2D eigenvalue weighted by Crippen LogP contribution is 2.09. The molecule has 1 rings (SSSR count). The van der Waals surface area contributed by atoms with Crippen LogP contribution < -0.4 is 0 Å². The molecule has 1 aliphatic rings. The Labute approximate surface area is 74.5 Å². The summed E-state index contributed by atoms with van der Waals surface area (Å²) < 4.78 is 0. The molecular weight excluding hydrogens is 148 g/mol. The van der Waals surface area contributed by atoms with Gasteiger partial charge >= 0.3 is 0 Å². The first-order chi connectivity index (χ1) is 5.79. The highest BCUT2D eigenvalue weighted by Gasteiger charge is 1.91. The van der Waals surface area contributed by atoms with Crippen LogP contribution in [-0.4, -0.2) is 5.78 Å². The minimum atomic E-state index is 0.0983.